The molecule has 1 aliphatic heterocycles. The molecule has 0 saturated carbocycles. The van der Waals surface area contributed by atoms with Crippen LogP contribution in [0.4, 0.5) is 0 Å². The Balaban J connectivity index is 1.85. The first-order valence-corrected chi connectivity index (χ1v) is 6.56. The van der Waals surface area contributed by atoms with Crippen molar-refractivity contribution in [1.82, 2.24) is 9.78 Å². The number of aromatic nitrogens is 2. The smallest absolute Gasteiger partial charge is 0.0616 e. The zero-order valence-corrected chi connectivity index (χ0v) is 10.8. The summed E-state index contributed by atoms with van der Waals surface area (Å²) in [7, 11) is 1.98. The van der Waals surface area contributed by atoms with E-state index in [4.69, 9.17) is 10.5 Å². The van der Waals surface area contributed by atoms with E-state index in [0.717, 1.165) is 32.3 Å². The van der Waals surface area contributed by atoms with E-state index < -0.39 is 0 Å². The minimum atomic E-state index is 0.248. The van der Waals surface area contributed by atoms with Crippen molar-refractivity contribution in [3.63, 3.8) is 0 Å². The van der Waals surface area contributed by atoms with Crippen LogP contribution in [0.3, 0.4) is 0 Å². The van der Waals surface area contributed by atoms with E-state index in [1.165, 1.54) is 5.69 Å². The molecule has 0 aromatic carbocycles. The Morgan fingerprint density at radius 3 is 3.12 bits per heavy atom. The van der Waals surface area contributed by atoms with Gasteiger partial charge in [-0.15, -0.1) is 0 Å². The fourth-order valence-electron chi connectivity index (χ4n) is 2.75. The van der Waals surface area contributed by atoms with Crippen LogP contribution in [0.1, 0.15) is 31.9 Å². The van der Waals surface area contributed by atoms with Gasteiger partial charge >= 0.3 is 0 Å². The van der Waals surface area contributed by atoms with Gasteiger partial charge in [0.25, 0.3) is 0 Å². The van der Waals surface area contributed by atoms with Gasteiger partial charge in [-0.3, -0.25) is 4.68 Å². The zero-order chi connectivity index (χ0) is 12.3. The summed E-state index contributed by atoms with van der Waals surface area (Å²) in [5, 5.41) is 4.17. The summed E-state index contributed by atoms with van der Waals surface area (Å²) in [4.78, 5) is 0. The van der Waals surface area contributed by atoms with E-state index in [9.17, 15) is 0 Å². The minimum Gasteiger partial charge on any atom is -0.378 e. The summed E-state index contributed by atoms with van der Waals surface area (Å²) in [6.07, 6.45) is 6.43. The van der Waals surface area contributed by atoms with Crippen molar-refractivity contribution in [2.45, 2.75) is 44.8 Å². The summed E-state index contributed by atoms with van der Waals surface area (Å²) in [6.45, 7) is 3.05. The number of aryl methyl sites for hydroxylation is 2. The van der Waals surface area contributed by atoms with Crippen molar-refractivity contribution < 1.29 is 4.74 Å². The molecule has 0 aliphatic carbocycles. The summed E-state index contributed by atoms with van der Waals surface area (Å²) in [6, 6.07) is 2.31. The predicted molar refractivity (Wildman–Crippen MR) is 67.6 cm³/mol. The second-order valence-corrected chi connectivity index (χ2v) is 4.92. The van der Waals surface area contributed by atoms with Crippen LogP contribution in [-0.4, -0.2) is 28.5 Å². The normalized spacial score (nSPS) is 26.3. The lowest BCUT2D eigenvalue weighted by Crippen LogP contribution is -2.35. The molecule has 1 aromatic heterocycles. The van der Waals surface area contributed by atoms with Crippen LogP contribution in [0.5, 0.6) is 0 Å². The number of hydrogen-bond acceptors (Lipinski definition) is 3. The predicted octanol–water partition coefficient (Wildman–Crippen LogP) is 1.50. The Kier molecular flexibility index (Phi) is 4.18. The van der Waals surface area contributed by atoms with Gasteiger partial charge in [0.15, 0.2) is 0 Å². The largest absolute Gasteiger partial charge is 0.378 e. The molecule has 4 nitrogen and oxygen atoms in total. The highest BCUT2D eigenvalue weighted by Gasteiger charge is 2.31. The lowest BCUT2D eigenvalue weighted by Gasteiger charge is -2.23. The third-order valence-corrected chi connectivity index (χ3v) is 3.87. The first-order valence-electron chi connectivity index (χ1n) is 6.56. The van der Waals surface area contributed by atoms with Gasteiger partial charge < -0.3 is 10.5 Å². The molecule has 4 heteroatoms. The highest BCUT2D eigenvalue weighted by atomic mass is 16.5. The molecule has 0 radical (unpaired) electrons. The van der Waals surface area contributed by atoms with E-state index in [1.807, 2.05) is 17.9 Å². The maximum atomic E-state index is 6.30. The van der Waals surface area contributed by atoms with Crippen molar-refractivity contribution in [3.8, 4) is 0 Å². The van der Waals surface area contributed by atoms with Gasteiger partial charge in [-0.2, -0.15) is 5.10 Å². The summed E-state index contributed by atoms with van der Waals surface area (Å²) in [5.74, 6) is 0.535. The Morgan fingerprint density at radius 2 is 2.47 bits per heavy atom. The Morgan fingerprint density at radius 1 is 1.65 bits per heavy atom. The number of hydrogen-bond donors (Lipinski definition) is 1. The molecule has 1 aliphatic rings. The number of nitrogens with zero attached hydrogens (tertiary/aromatic N) is 2. The van der Waals surface area contributed by atoms with Crippen molar-refractivity contribution >= 4 is 0 Å². The van der Waals surface area contributed by atoms with Crippen LogP contribution in [0, 0.1) is 5.92 Å². The second-order valence-electron chi connectivity index (χ2n) is 4.92. The Hall–Kier alpha value is -0.870. The van der Waals surface area contributed by atoms with Crippen LogP contribution in [-0.2, 0) is 18.2 Å². The molecule has 96 valence electrons. The molecule has 1 aromatic rings. The molecule has 1 fully saturated rings. The fourth-order valence-corrected chi connectivity index (χ4v) is 2.75. The topological polar surface area (TPSA) is 53.1 Å². The summed E-state index contributed by atoms with van der Waals surface area (Å²) in [5.41, 5.74) is 7.56. The molecule has 2 heterocycles. The average Bonchev–Trinajstić information content (AvgIpc) is 2.94. The van der Waals surface area contributed by atoms with Crippen LogP contribution in [0.25, 0.3) is 0 Å². The monoisotopic (exact) mass is 237 g/mol. The molecule has 0 amide bonds. The quantitative estimate of drug-likeness (QED) is 0.844. The zero-order valence-electron chi connectivity index (χ0n) is 10.8. The van der Waals surface area contributed by atoms with Gasteiger partial charge in [-0.1, -0.05) is 6.92 Å². The van der Waals surface area contributed by atoms with Crippen molar-refractivity contribution in [1.29, 1.82) is 0 Å². The van der Waals surface area contributed by atoms with Crippen LogP contribution < -0.4 is 5.73 Å². The second kappa shape index (κ2) is 5.65. The van der Waals surface area contributed by atoms with Gasteiger partial charge in [0.1, 0.15) is 0 Å². The number of ether oxygens (including phenoxy) is 1. The van der Waals surface area contributed by atoms with Gasteiger partial charge in [-0.05, 0) is 31.7 Å². The SMILES string of the molecule is CCC1OCCC1C(N)CCc1ccnn1C. The molecule has 2 N–H and O–H groups in total. The van der Waals surface area contributed by atoms with E-state index in [-0.39, 0.29) is 6.04 Å². The highest BCUT2D eigenvalue weighted by molar-refractivity contribution is 5.01. The van der Waals surface area contributed by atoms with Crippen LogP contribution >= 0.6 is 0 Å². The Labute approximate surface area is 103 Å². The first kappa shape index (κ1) is 12.6. The maximum Gasteiger partial charge on any atom is 0.0616 e. The van der Waals surface area contributed by atoms with Crippen LogP contribution in [0.15, 0.2) is 12.3 Å². The van der Waals surface area contributed by atoms with E-state index in [1.54, 1.807) is 0 Å². The van der Waals surface area contributed by atoms with Crippen LogP contribution in [0.2, 0.25) is 0 Å². The first-order chi connectivity index (χ1) is 8.22. The molecular weight excluding hydrogens is 214 g/mol. The third kappa shape index (κ3) is 2.87. The van der Waals surface area contributed by atoms with Gasteiger partial charge in [0, 0.05) is 37.5 Å². The van der Waals surface area contributed by atoms with Crippen molar-refractivity contribution in [2.24, 2.45) is 18.7 Å². The van der Waals surface area contributed by atoms with E-state index >= 15 is 0 Å². The standard InChI is InChI=1S/C13H23N3O/c1-3-13-11(7-9-17-13)12(14)5-4-10-6-8-15-16(10)2/h6,8,11-13H,3-5,7,9,14H2,1-2H3. The van der Waals surface area contributed by atoms with Gasteiger partial charge in [0.2, 0.25) is 0 Å². The highest BCUT2D eigenvalue weighted by Crippen LogP contribution is 2.27. The van der Waals surface area contributed by atoms with E-state index in [2.05, 4.69) is 18.1 Å². The van der Waals surface area contributed by atoms with Crippen molar-refractivity contribution in [3.05, 3.63) is 18.0 Å². The molecule has 0 bridgehead atoms. The third-order valence-electron chi connectivity index (χ3n) is 3.87. The van der Waals surface area contributed by atoms with E-state index in [0.29, 0.717) is 12.0 Å². The molecule has 17 heavy (non-hydrogen) atoms. The van der Waals surface area contributed by atoms with Crippen molar-refractivity contribution in [2.75, 3.05) is 6.61 Å². The Bertz CT molecular complexity index is 350. The number of rotatable bonds is 5. The molecule has 3 atom stereocenters. The fraction of sp³-hybridized carbons (Fsp3) is 0.769. The lowest BCUT2D eigenvalue weighted by atomic mass is 9.89. The van der Waals surface area contributed by atoms with Gasteiger partial charge in [0.05, 0.1) is 6.10 Å². The average molecular weight is 237 g/mol. The van der Waals surface area contributed by atoms with Gasteiger partial charge in [-0.25, -0.2) is 0 Å². The molecule has 0 spiro atoms. The molecule has 2 rings (SSSR count). The minimum absolute atomic E-state index is 0.248. The number of nitrogens with two attached hydrogens (primary N) is 1. The molecular formula is C13H23N3O. The lowest BCUT2D eigenvalue weighted by molar-refractivity contribution is 0.0806. The maximum absolute atomic E-state index is 6.30. The summed E-state index contributed by atoms with van der Waals surface area (Å²) >= 11 is 0. The molecule has 3 unspecified atom stereocenters. The summed E-state index contributed by atoms with van der Waals surface area (Å²) < 4.78 is 7.62. The molecule has 1 saturated heterocycles.